The molecule has 1 aliphatic rings. The van der Waals surface area contributed by atoms with Crippen LogP contribution in [-0.4, -0.2) is 59.6 Å². The van der Waals surface area contributed by atoms with Crippen molar-refractivity contribution >= 4 is 0 Å². The summed E-state index contributed by atoms with van der Waals surface area (Å²) in [7, 11) is 0. The minimum atomic E-state index is -1.05. The molecule has 1 aliphatic heterocycles. The Hall–Kier alpha value is -0.460. The van der Waals surface area contributed by atoms with Gasteiger partial charge in [0, 0.05) is 6.61 Å². The molecule has 5 heteroatoms. The van der Waals surface area contributed by atoms with Gasteiger partial charge in [-0.2, -0.15) is 0 Å². The molecule has 0 aromatic heterocycles. The minimum absolute atomic E-state index is 0.272. The van der Waals surface area contributed by atoms with Gasteiger partial charge in [-0.3, -0.25) is 0 Å². The Morgan fingerprint density at radius 2 is 1.83 bits per heavy atom. The smallest absolute Gasteiger partial charge is 0.114 e. The number of aliphatic hydroxyl groups is 3. The monoisotopic (exact) mass is 330 g/mol. The Bertz CT molecular complexity index is 308. The number of rotatable bonds is 13. The summed E-state index contributed by atoms with van der Waals surface area (Å²) in [6, 6.07) is 0. The highest BCUT2D eigenvalue weighted by atomic mass is 16.6. The summed E-state index contributed by atoms with van der Waals surface area (Å²) >= 11 is 0. The van der Waals surface area contributed by atoms with Gasteiger partial charge in [0.15, 0.2) is 0 Å². The van der Waals surface area contributed by atoms with Crippen LogP contribution in [0.25, 0.3) is 0 Å². The first kappa shape index (κ1) is 20.6. The average Bonchev–Trinajstić information content (AvgIpc) is 2.93. The number of unbranched alkanes of at least 4 members (excludes halogenated alkanes) is 6. The lowest BCUT2D eigenvalue weighted by molar-refractivity contribution is -0.0730. The average molecular weight is 330 g/mol. The first-order chi connectivity index (χ1) is 11.2. The van der Waals surface area contributed by atoms with Crippen molar-refractivity contribution in [2.24, 2.45) is 0 Å². The molecule has 23 heavy (non-hydrogen) atoms. The molecule has 3 N–H and O–H groups in total. The number of hydrogen-bond acceptors (Lipinski definition) is 5. The quantitative estimate of drug-likeness (QED) is 0.356. The van der Waals surface area contributed by atoms with Gasteiger partial charge in [-0.15, -0.1) is 0 Å². The van der Waals surface area contributed by atoms with E-state index in [2.05, 4.69) is 19.1 Å². The molecular weight excluding hydrogens is 296 g/mol. The Morgan fingerprint density at radius 1 is 1.13 bits per heavy atom. The van der Waals surface area contributed by atoms with Gasteiger partial charge in [-0.1, -0.05) is 44.8 Å². The lowest BCUT2D eigenvalue weighted by atomic mass is 10.1. The first-order valence-corrected chi connectivity index (χ1v) is 9.05. The van der Waals surface area contributed by atoms with Gasteiger partial charge in [0.2, 0.25) is 0 Å². The molecule has 1 heterocycles. The third-order valence-corrected chi connectivity index (χ3v) is 4.24. The Balaban J connectivity index is 1.94. The highest BCUT2D eigenvalue weighted by molar-refractivity contribution is 4.88. The van der Waals surface area contributed by atoms with Gasteiger partial charge in [0.05, 0.1) is 13.2 Å². The lowest BCUT2D eigenvalue weighted by Crippen LogP contribution is -2.41. The highest BCUT2D eigenvalue weighted by Gasteiger charge is 2.40. The van der Waals surface area contributed by atoms with Crippen molar-refractivity contribution in [2.75, 3.05) is 19.8 Å². The number of hydrogen-bond donors (Lipinski definition) is 3. The van der Waals surface area contributed by atoms with E-state index in [0.717, 1.165) is 19.3 Å². The van der Waals surface area contributed by atoms with Gasteiger partial charge in [0.25, 0.3) is 0 Å². The van der Waals surface area contributed by atoms with Crippen LogP contribution in [0, 0.1) is 0 Å². The van der Waals surface area contributed by atoms with Crippen LogP contribution in [0.4, 0.5) is 0 Å². The third kappa shape index (κ3) is 8.27. The minimum Gasteiger partial charge on any atom is -0.394 e. The second-order valence-corrected chi connectivity index (χ2v) is 6.24. The van der Waals surface area contributed by atoms with Crippen LogP contribution in [0.3, 0.4) is 0 Å². The van der Waals surface area contributed by atoms with E-state index in [9.17, 15) is 10.2 Å². The Kier molecular flexibility index (Phi) is 11.5. The second kappa shape index (κ2) is 12.9. The van der Waals surface area contributed by atoms with E-state index in [1.54, 1.807) is 0 Å². The second-order valence-electron chi connectivity index (χ2n) is 6.24. The summed E-state index contributed by atoms with van der Waals surface area (Å²) in [6.45, 7) is 2.62. The molecule has 1 rings (SSSR count). The van der Waals surface area contributed by atoms with Crippen LogP contribution in [0.2, 0.25) is 0 Å². The van der Waals surface area contributed by atoms with E-state index in [4.69, 9.17) is 14.6 Å². The highest BCUT2D eigenvalue weighted by Crippen LogP contribution is 2.20. The van der Waals surface area contributed by atoms with Gasteiger partial charge >= 0.3 is 0 Å². The fraction of sp³-hybridized carbons (Fsp3) is 0.889. The fourth-order valence-electron chi connectivity index (χ4n) is 2.79. The van der Waals surface area contributed by atoms with E-state index in [1.165, 1.54) is 32.1 Å². The standard InChI is InChI=1S/C18H34O5/c1-2-3-4-5-6-7-8-9-10-11-12-22-16-14-23-18(17(16)21)15(20)13-19/h3-4,15-21H,2,5-14H2,1H3/b4-3+/t15-,16+,17+,18+/m0/s1. The van der Waals surface area contributed by atoms with Crippen LogP contribution < -0.4 is 0 Å². The van der Waals surface area contributed by atoms with Gasteiger partial charge in [0.1, 0.15) is 24.4 Å². The maximum atomic E-state index is 9.98. The SMILES string of the molecule is CC/C=C/CCCCCCCCO[C@@H]1CO[C@H]([C@@H](O)CO)[C@@H]1O. The van der Waals surface area contributed by atoms with Crippen LogP contribution in [0.5, 0.6) is 0 Å². The van der Waals surface area contributed by atoms with E-state index >= 15 is 0 Å². The Labute approximate surface area is 140 Å². The molecular formula is C18H34O5. The van der Waals surface area contributed by atoms with Gasteiger partial charge in [-0.25, -0.2) is 0 Å². The van der Waals surface area contributed by atoms with E-state index in [1.807, 2.05) is 0 Å². The van der Waals surface area contributed by atoms with Crippen molar-refractivity contribution in [1.29, 1.82) is 0 Å². The maximum Gasteiger partial charge on any atom is 0.114 e. The molecule has 0 radical (unpaired) electrons. The first-order valence-electron chi connectivity index (χ1n) is 9.05. The lowest BCUT2D eigenvalue weighted by Gasteiger charge is -2.20. The predicted octanol–water partition coefficient (Wildman–Crippen LogP) is 2.18. The summed E-state index contributed by atoms with van der Waals surface area (Å²) in [5.74, 6) is 0. The summed E-state index contributed by atoms with van der Waals surface area (Å²) in [4.78, 5) is 0. The number of aliphatic hydroxyl groups excluding tert-OH is 3. The van der Waals surface area contributed by atoms with Crippen molar-refractivity contribution in [1.82, 2.24) is 0 Å². The molecule has 0 spiro atoms. The van der Waals surface area contributed by atoms with Crippen LogP contribution >= 0.6 is 0 Å². The van der Waals surface area contributed by atoms with Crippen molar-refractivity contribution in [3.63, 3.8) is 0 Å². The summed E-state index contributed by atoms with van der Waals surface area (Å²) in [6.07, 6.45) is 10.9. The molecule has 0 amide bonds. The van der Waals surface area contributed by atoms with Crippen LogP contribution in [-0.2, 0) is 9.47 Å². The topological polar surface area (TPSA) is 79.2 Å². The zero-order chi connectivity index (χ0) is 16.9. The van der Waals surface area contributed by atoms with Crippen LogP contribution in [0.15, 0.2) is 12.2 Å². The summed E-state index contributed by atoms with van der Waals surface area (Å²) < 4.78 is 10.9. The van der Waals surface area contributed by atoms with Crippen molar-refractivity contribution in [2.45, 2.75) is 82.7 Å². The van der Waals surface area contributed by atoms with E-state index in [0.29, 0.717) is 6.61 Å². The molecule has 4 atom stereocenters. The number of allylic oxidation sites excluding steroid dienone is 2. The summed E-state index contributed by atoms with van der Waals surface area (Å²) in [5, 5.41) is 28.4. The molecule has 0 aliphatic carbocycles. The van der Waals surface area contributed by atoms with Crippen molar-refractivity contribution in [3.05, 3.63) is 12.2 Å². The summed E-state index contributed by atoms with van der Waals surface area (Å²) in [5.41, 5.74) is 0. The van der Waals surface area contributed by atoms with Crippen molar-refractivity contribution < 1.29 is 24.8 Å². The molecule has 0 bridgehead atoms. The maximum absolute atomic E-state index is 9.98. The zero-order valence-corrected chi connectivity index (χ0v) is 14.4. The van der Waals surface area contributed by atoms with Gasteiger partial charge < -0.3 is 24.8 Å². The molecule has 0 saturated carbocycles. The third-order valence-electron chi connectivity index (χ3n) is 4.24. The van der Waals surface area contributed by atoms with Gasteiger partial charge in [-0.05, 0) is 25.7 Å². The normalized spacial score (nSPS) is 26.2. The Morgan fingerprint density at radius 3 is 2.52 bits per heavy atom. The van der Waals surface area contributed by atoms with E-state index < -0.39 is 31.0 Å². The van der Waals surface area contributed by atoms with Crippen molar-refractivity contribution in [3.8, 4) is 0 Å². The van der Waals surface area contributed by atoms with Crippen LogP contribution in [0.1, 0.15) is 58.3 Å². The predicted molar refractivity (Wildman–Crippen MR) is 90.3 cm³/mol. The number of ether oxygens (including phenoxy) is 2. The van der Waals surface area contributed by atoms with E-state index in [-0.39, 0.29) is 6.61 Å². The molecule has 0 unspecified atom stereocenters. The fourth-order valence-corrected chi connectivity index (χ4v) is 2.79. The largest absolute Gasteiger partial charge is 0.394 e. The molecule has 0 aromatic carbocycles. The molecule has 136 valence electrons. The molecule has 5 nitrogen and oxygen atoms in total. The molecule has 1 saturated heterocycles. The zero-order valence-electron chi connectivity index (χ0n) is 14.4. The molecule has 1 fully saturated rings. The molecule has 0 aromatic rings.